The number of sulfonamides is 1. The van der Waals surface area contributed by atoms with Crippen molar-refractivity contribution in [3.05, 3.63) is 17.0 Å². The van der Waals surface area contributed by atoms with Crippen LogP contribution in [0.5, 0.6) is 0 Å². The van der Waals surface area contributed by atoms with Crippen molar-refractivity contribution in [3.63, 3.8) is 0 Å². The molecule has 1 aromatic rings. The summed E-state index contributed by atoms with van der Waals surface area (Å²) in [4.78, 5) is 0.891. The van der Waals surface area contributed by atoms with Crippen LogP contribution in [0.1, 0.15) is 17.7 Å². The van der Waals surface area contributed by atoms with E-state index < -0.39 is 10.0 Å². The highest BCUT2D eigenvalue weighted by Gasteiger charge is 2.24. The van der Waals surface area contributed by atoms with Gasteiger partial charge in [0.15, 0.2) is 0 Å². The van der Waals surface area contributed by atoms with Gasteiger partial charge in [-0.3, -0.25) is 0 Å². The van der Waals surface area contributed by atoms with Crippen LogP contribution in [0, 0.1) is 5.92 Å². The van der Waals surface area contributed by atoms with Crippen LogP contribution < -0.4 is 10.5 Å². The molecule has 0 atom stereocenters. The first-order valence-corrected chi connectivity index (χ1v) is 7.20. The molecule has 0 bridgehead atoms. The summed E-state index contributed by atoms with van der Waals surface area (Å²) in [6.45, 7) is 0.959. The van der Waals surface area contributed by atoms with E-state index >= 15 is 0 Å². The first-order chi connectivity index (χ1) is 7.12. The third kappa shape index (κ3) is 2.78. The van der Waals surface area contributed by atoms with Gasteiger partial charge in [-0.2, -0.15) is 0 Å². The zero-order valence-electron chi connectivity index (χ0n) is 8.27. The van der Waals surface area contributed by atoms with Gasteiger partial charge in [0.2, 0.25) is 10.0 Å². The van der Waals surface area contributed by atoms with Gasteiger partial charge in [0.1, 0.15) is 4.21 Å². The van der Waals surface area contributed by atoms with E-state index in [9.17, 15) is 8.42 Å². The summed E-state index contributed by atoms with van der Waals surface area (Å²) in [6, 6.07) is 3.37. The van der Waals surface area contributed by atoms with Gasteiger partial charge in [-0.25, -0.2) is 13.1 Å². The maximum Gasteiger partial charge on any atom is 0.250 e. The molecule has 3 N–H and O–H groups in total. The second-order valence-electron chi connectivity index (χ2n) is 3.72. The number of nitrogens with one attached hydrogen (secondary N) is 1. The first kappa shape index (κ1) is 11.1. The third-order valence-electron chi connectivity index (χ3n) is 2.36. The largest absolute Gasteiger partial charge is 0.326 e. The lowest BCUT2D eigenvalue weighted by molar-refractivity contribution is 0.579. The summed E-state index contributed by atoms with van der Waals surface area (Å²) < 4.78 is 26.5. The highest BCUT2D eigenvalue weighted by atomic mass is 32.2. The summed E-state index contributed by atoms with van der Waals surface area (Å²) in [5, 5.41) is 0. The molecule has 4 nitrogen and oxygen atoms in total. The molecule has 1 aliphatic rings. The Morgan fingerprint density at radius 1 is 1.47 bits per heavy atom. The third-order valence-corrected chi connectivity index (χ3v) is 5.38. The topological polar surface area (TPSA) is 72.2 Å². The van der Waals surface area contributed by atoms with Crippen molar-refractivity contribution in [3.8, 4) is 0 Å². The lowest BCUT2D eigenvalue weighted by atomic mass is 10.4. The van der Waals surface area contributed by atoms with Crippen molar-refractivity contribution >= 4 is 21.4 Å². The molecule has 0 amide bonds. The van der Waals surface area contributed by atoms with E-state index in [0.29, 0.717) is 23.2 Å². The van der Waals surface area contributed by atoms with Crippen LogP contribution in [0.25, 0.3) is 0 Å². The van der Waals surface area contributed by atoms with Crippen molar-refractivity contribution in [1.29, 1.82) is 0 Å². The van der Waals surface area contributed by atoms with Gasteiger partial charge in [0, 0.05) is 18.0 Å². The van der Waals surface area contributed by atoms with E-state index in [0.717, 1.165) is 17.7 Å². The van der Waals surface area contributed by atoms with Gasteiger partial charge < -0.3 is 5.73 Å². The molecule has 1 aliphatic carbocycles. The van der Waals surface area contributed by atoms with Gasteiger partial charge in [0.25, 0.3) is 0 Å². The van der Waals surface area contributed by atoms with Crippen LogP contribution >= 0.6 is 11.3 Å². The Morgan fingerprint density at radius 3 is 2.73 bits per heavy atom. The van der Waals surface area contributed by atoms with E-state index in [4.69, 9.17) is 5.73 Å². The number of hydrogen-bond donors (Lipinski definition) is 2. The Balaban J connectivity index is 2.05. The molecule has 0 radical (unpaired) electrons. The van der Waals surface area contributed by atoms with Gasteiger partial charge in [-0.05, 0) is 30.9 Å². The predicted octanol–water partition coefficient (Wildman–Crippen LogP) is 0.895. The maximum atomic E-state index is 11.8. The van der Waals surface area contributed by atoms with Crippen LogP contribution in [0.2, 0.25) is 0 Å². The summed E-state index contributed by atoms with van der Waals surface area (Å²) in [5.41, 5.74) is 5.43. The average molecular weight is 246 g/mol. The summed E-state index contributed by atoms with van der Waals surface area (Å²) >= 11 is 1.24. The van der Waals surface area contributed by atoms with Crippen molar-refractivity contribution in [2.45, 2.75) is 23.6 Å². The summed E-state index contributed by atoms with van der Waals surface area (Å²) in [5.74, 6) is 0.550. The monoisotopic (exact) mass is 246 g/mol. The fourth-order valence-corrected chi connectivity index (χ4v) is 3.63. The van der Waals surface area contributed by atoms with E-state index in [2.05, 4.69) is 4.72 Å². The number of thiophene rings is 1. The molecule has 0 aliphatic heterocycles. The standard InChI is InChI=1S/C9H14N2O2S2/c10-5-8-3-4-9(14-8)15(12,13)11-6-7-1-2-7/h3-4,7,11H,1-2,5-6,10H2. The Morgan fingerprint density at radius 2 is 2.20 bits per heavy atom. The molecule has 15 heavy (non-hydrogen) atoms. The lowest BCUT2D eigenvalue weighted by Crippen LogP contribution is -2.25. The molecule has 0 unspecified atom stereocenters. The average Bonchev–Trinajstić information content (AvgIpc) is 2.90. The van der Waals surface area contributed by atoms with Crippen LogP contribution in [0.4, 0.5) is 0 Å². The molecule has 0 aromatic carbocycles. The SMILES string of the molecule is NCc1ccc(S(=O)(=O)NCC2CC2)s1. The Hall–Kier alpha value is -0.430. The summed E-state index contributed by atoms with van der Waals surface area (Å²) in [6.07, 6.45) is 2.28. The fraction of sp³-hybridized carbons (Fsp3) is 0.556. The molecule has 1 heterocycles. The number of rotatable bonds is 5. The van der Waals surface area contributed by atoms with Gasteiger partial charge >= 0.3 is 0 Å². The Labute approximate surface area is 93.5 Å². The normalized spacial score (nSPS) is 16.9. The van der Waals surface area contributed by atoms with Gasteiger partial charge in [-0.1, -0.05) is 0 Å². The summed E-state index contributed by atoms with van der Waals surface area (Å²) in [7, 11) is -3.29. The van der Waals surface area contributed by atoms with E-state index in [1.807, 2.05) is 0 Å². The van der Waals surface area contributed by atoms with Crippen molar-refractivity contribution in [1.82, 2.24) is 4.72 Å². The van der Waals surface area contributed by atoms with E-state index in [1.165, 1.54) is 11.3 Å². The van der Waals surface area contributed by atoms with Crippen molar-refractivity contribution < 1.29 is 8.42 Å². The maximum absolute atomic E-state index is 11.8. The molecule has 0 spiro atoms. The Kier molecular flexibility index (Phi) is 3.11. The number of hydrogen-bond acceptors (Lipinski definition) is 4. The van der Waals surface area contributed by atoms with Crippen LogP contribution in [-0.4, -0.2) is 15.0 Å². The Bertz CT molecular complexity index is 435. The minimum atomic E-state index is -3.29. The molecule has 84 valence electrons. The molecular formula is C9H14N2O2S2. The van der Waals surface area contributed by atoms with E-state index in [-0.39, 0.29) is 0 Å². The van der Waals surface area contributed by atoms with Crippen LogP contribution in [0.3, 0.4) is 0 Å². The molecular weight excluding hydrogens is 232 g/mol. The zero-order chi connectivity index (χ0) is 10.9. The second-order valence-corrected chi connectivity index (χ2v) is 6.88. The van der Waals surface area contributed by atoms with Crippen molar-refractivity contribution in [2.75, 3.05) is 6.54 Å². The molecule has 0 saturated heterocycles. The molecule has 1 aromatic heterocycles. The van der Waals surface area contributed by atoms with Crippen LogP contribution in [-0.2, 0) is 16.6 Å². The van der Waals surface area contributed by atoms with E-state index in [1.54, 1.807) is 12.1 Å². The molecule has 6 heteroatoms. The highest BCUT2D eigenvalue weighted by molar-refractivity contribution is 7.91. The zero-order valence-corrected chi connectivity index (χ0v) is 9.90. The molecule has 1 saturated carbocycles. The second kappa shape index (κ2) is 4.21. The highest BCUT2D eigenvalue weighted by Crippen LogP contribution is 2.28. The van der Waals surface area contributed by atoms with Crippen LogP contribution in [0.15, 0.2) is 16.3 Å². The fourth-order valence-electron chi connectivity index (χ4n) is 1.23. The molecule has 2 rings (SSSR count). The number of nitrogens with two attached hydrogens (primary N) is 1. The van der Waals surface area contributed by atoms with Gasteiger partial charge in [-0.15, -0.1) is 11.3 Å². The first-order valence-electron chi connectivity index (χ1n) is 4.90. The predicted molar refractivity (Wildman–Crippen MR) is 60.1 cm³/mol. The van der Waals surface area contributed by atoms with Crippen molar-refractivity contribution in [2.24, 2.45) is 11.7 Å². The minimum Gasteiger partial charge on any atom is -0.326 e. The quantitative estimate of drug-likeness (QED) is 0.810. The lowest BCUT2D eigenvalue weighted by Gasteiger charge is -2.02. The molecule has 1 fully saturated rings. The van der Waals surface area contributed by atoms with Gasteiger partial charge in [0.05, 0.1) is 0 Å². The minimum absolute atomic E-state index is 0.364. The smallest absolute Gasteiger partial charge is 0.250 e.